The summed E-state index contributed by atoms with van der Waals surface area (Å²) in [5.41, 5.74) is 12.0. The van der Waals surface area contributed by atoms with Crippen molar-refractivity contribution >= 4 is 5.91 Å². The van der Waals surface area contributed by atoms with Crippen molar-refractivity contribution in [2.75, 3.05) is 26.2 Å². The molecule has 5 heteroatoms. The number of amides is 1. The Bertz CT molecular complexity index is 812. The molecule has 0 aliphatic carbocycles. The first-order valence-corrected chi connectivity index (χ1v) is 10.3. The average Bonchev–Trinajstić information content (AvgIpc) is 2.95. The Kier molecular flexibility index (Phi) is 6.57. The number of likely N-dealkylation sites (tertiary alicyclic amines) is 1. The first-order chi connectivity index (χ1) is 13.4. The number of rotatable bonds is 6. The summed E-state index contributed by atoms with van der Waals surface area (Å²) in [5, 5.41) is 0. The van der Waals surface area contributed by atoms with E-state index in [1.807, 2.05) is 17.9 Å². The van der Waals surface area contributed by atoms with Crippen molar-refractivity contribution < 1.29 is 9.53 Å². The van der Waals surface area contributed by atoms with Gasteiger partial charge >= 0.3 is 0 Å². The van der Waals surface area contributed by atoms with Crippen molar-refractivity contribution in [1.82, 2.24) is 9.47 Å². The quantitative estimate of drug-likeness (QED) is 0.774. The minimum atomic E-state index is 0.129. The van der Waals surface area contributed by atoms with Crippen LogP contribution in [-0.4, -0.2) is 47.7 Å². The second-order valence-corrected chi connectivity index (χ2v) is 7.97. The van der Waals surface area contributed by atoms with E-state index in [4.69, 9.17) is 10.5 Å². The maximum absolute atomic E-state index is 13.2. The van der Waals surface area contributed by atoms with Crippen LogP contribution in [0.25, 0.3) is 5.69 Å². The Morgan fingerprint density at radius 1 is 1.07 bits per heavy atom. The number of hydrogen-bond acceptors (Lipinski definition) is 3. The fraction of sp³-hybridized carbons (Fsp3) is 0.522. The van der Waals surface area contributed by atoms with Crippen molar-refractivity contribution in [2.45, 2.75) is 53.1 Å². The number of carbonyl (C=O) groups excluding carboxylic acids is 1. The van der Waals surface area contributed by atoms with E-state index in [1.165, 1.54) is 11.1 Å². The van der Waals surface area contributed by atoms with E-state index in [9.17, 15) is 4.79 Å². The molecule has 2 heterocycles. The molecular weight excluding hydrogens is 350 g/mol. The summed E-state index contributed by atoms with van der Waals surface area (Å²) in [5.74, 6) is 0.129. The van der Waals surface area contributed by atoms with Crippen molar-refractivity contribution in [3.05, 3.63) is 52.3 Å². The van der Waals surface area contributed by atoms with E-state index in [0.717, 1.165) is 55.0 Å². The van der Waals surface area contributed by atoms with Crippen LogP contribution in [-0.2, 0) is 4.74 Å². The Morgan fingerprint density at radius 3 is 2.32 bits per heavy atom. The molecule has 0 unspecified atom stereocenters. The summed E-state index contributed by atoms with van der Waals surface area (Å²) < 4.78 is 8.05. The van der Waals surface area contributed by atoms with Gasteiger partial charge in [-0.25, -0.2) is 0 Å². The van der Waals surface area contributed by atoms with E-state index in [1.54, 1.807) is 0 Å². The van der Waals surface area contributed by atoms with Crippen LogP contribution in [0.5, 0.6) is 0 Å². The molecular formula is C23H33N3O2. The topological polar surface area (TPSA) is 60.5 Å². The summed E-state index contributed by atoms with van der Waals surface area (Å²) in [6.07, 6.45) is 2.93. The highest BCUT2D eigenvalue weighted by Crippen LogP contribution is 2.25. The number of carbonyl (C=O) groups is 1. The van der Waals surface area contributed by atoms with Gasteiger partial charge in [0.2, 0.25) is 0 Å². The van der Waals surface area contributed by atoms with E-state index >= 15 is 0 Å². The lowest BCUT2D eigenvalue weighted by Crippen LogP contribution is -2.41. The average molecular weight is 384 g/mol. The highest BCUT2D eigenvalue weighted by Gasteiger charge is 2.26. The van der Waals surface area contributed by atoms with Gasteiger partial charge in [-0.15, -0.1) is 0 Å². The van der Waals surface area contributed by atoms with Crippen LogP contribution in [0.15, 0.2) is 24.3 Å². The zero-order chi connectivity index (χ0) is 20.3. The number of ether oxygens (including phenoxy) is 1. The van der Waals surface area contributed by atoms with Crippen LogP contribution in [0.3, 0.4) is 0 Å². The number of nitrogens with zero attached hydrogens (tertiary/aromatic N) is 2. The molecule has 0 radical (unpaired) electrons. The molecule has 1 fully saturated rings. The molecule has 2 N–H and O–H groups in total. The van der Waals surface area contributed by atoms with Gasteiger partial charge in [0.25, 0.3) is 5.91 Å². The summed E-state index contributed by atoms with van der Waals surface area (Å²) in [6, 6.07) is 8.54. The van der Waals surface area contributed by atoms with Crippen LogP contribution in [0.2, 0.25) is 0 Å². The molecule has 0 spiro atoms. The molecule has 0 saturated carbocycles. The van der Waals surface area contributed by atoms with Crippen LogP contribution >= 0.6 is 0 Å². The molecule has 152 valence electrons. The lowest BCUT2D eigenvalue weighted by molar-refractivity contribution is 0.00843. The number of aryl methyl sites for hydroxylation is 3. The van der Waals surface area contributed by atoms with E-state index in [2.05, 4.69) is 43.5 Å². The summed E-state index contributed by atoms with van der Waals surface area (Å²) >= 11 is 0. The van der Waals surface area contributed by atoms with Gasteiger partial charge in [-0.1, -0.05) is 6.07 Å². The molecule has 0 bridgehead atoms. The largest absolute Gasteiger partial charge is 0.378 e. The zero-order valence-corrected chi connectivity index (χ0v) is 17.6. The third kappa shape index (κ3) is 4.47. The number of piperidine rings is 1. The fourth-order valence-electron chi connectivity index (χ4n) is 4.19. The Labute approximate surface area is 168 Å². The molecule has 1 amide bonds. The maximum atomic E-state index is 13.2. The third-order valence-corrected chi connectivity index (χ3v) is 5.56. The standard InChI is InChI=1S/C23H33N3O2/c1-16-12-17(2)14-20(13-16)26-18(3)15-22(19(26)4)23(27)25-9-6-21(7-10-25)28-11-5-8-24/h12-15,21H,5-11,24H2,1-4H3. The van der Waals surface area contributed by atoms with Gasteiger partial charge in [0, 0.05) is 36.8 Å². The molecule has 1 aliphatic rings. The summed E-state index contributed by atoms with van der Waals surface area (Å²) in [6.45, 7) is 11.2. The molecule has 1 saturated heterocycles. The zero-order valence-electron chi connectivity index (χ0n) is 17.6. The van der Waals surface area contributed by atoms with Crippen molar-refractivity contribution in [3.63, 3.8) is 0 Å². The van der Waals surface area contributed by atoms with Gasteiger partial charge in [0.1, 0.15) is 0 Å². The predicted octanol–water partition coefficient (Wildman–Crippen LogP) is 3.68. The first kappa shape index (κ1) is 20.6. The molecule has 1 aromatic carbocycles. The highest BCUT2D eigenvalue weighted by molar-refractivity contribution is 5.96. The van der Waals surface area contributed by atoms with Crippen LogP contribution in [0.1, 0.15) is 52.1 Å². The predicted molar refractivity (Wildman–Crippen MR) is 113 cm³/mol. The Morgan fingerprint density at radius 2 is 1.71 bits per heavy atom. The number of nitrogens with two attached hydrogens (primary N) is 1. The van der Waals surface area contributed by atoms with E-state index in [-0.39, 0.29) is 12.0 Å². The maximum Gasteiger partial charge on any atom is 0.255 e. The first-order valence-electron chi connectivity index (χ1n) is 10.3. The number of aromatic nitrogens is 1. The number of benzene rings is 1. The highest BCUT2D eigenvalue weighted by atomic mass is 16.5. The normalized spacial score (nSPS) is 15.2. The summed E-state index contributed by atoms with van der Waals surface area (Å²) in [4.78, 5) is 15.1. The molecule has 1 aromatic heterocycles. The van der Waals surface area contributed by atoms with Gasteiger partial charge < -0.3 is 19.9 Å². The minimum absolute atomic E-state index is 0.129. The molecule has 1 aliphatic heterocycles. The van der Waals surface area contributed by atoms with Gasteiger partial charge in [-0.2, -0.15) is 0 Å². The molecule has 3 rings (SSSR count). The van der Waals surface area contributed by atoms with Crippen molar-refractivity contribution in [1.29, 1.82) is 0 Å². The minimum Gasteiger partial charge on any atom is -0.378 e. The third-order valence-electron chi connectivity index (χ3n) is 5.56. The molecule has 28 heavy (non-hydrogen) atoms. The molecule has 5 nitrogen and oxygen atoms in total. The van der Waals surface area contributed by atoms with Crippen molar-refractivity contribution in [3.8, 4) is 5.69 Å². The van der Waals surface area contributed by atoms with Gasteiger partial charge in [-0.3, -0.25) is 4.79 Å². The van der Waals surface area contributed by atoms with Crippen LogP contribution in [0, 0.1) is 27.7 Å². The monoisotopic (exact) mass is 383 g/mol. The summed E-state index contributed by atoms with van der Waals surface area (Å²) in [7, 11) is 0. The second-order valence-electron chi connectivity index (χ2n) is 7.97. The van der Waals surface area contributed by atoms with Crippen molar-refractivity contribution in [2.24, 2.45) is 5.73 Å². The van der Waals surface area contributed by atoms with Gasteiger partial charge in [0.15, 0.2) is 0 Å². The van der Waals surface area contributed by atoms with E-state index < -0.39 is 0 Å². The SMILES string of the molecule is Cc1cc(C)cc(-n2c(C)cc(C(=O)N3CCC(OCCCN)CC3)c2C)c1. The Hall–Kier alpha value is -2.11. The molecule has 0 atom stereocenters. The number of hydrogen-bond donors (Lipinski definition) is 1. The van der Waals surface area contributed by atoms with E-state index in [0.29, 0.717) is 13.2 Å². The van der Waals surface area contributed by atoms with Crippen LogP contribution in [0.4, 0.5) is 0 Å². The van der Waals surface area contributed by atoms with Crippen LogP contribution < -0.4 is 5.73 Å². The fourth-order valence-corrected chi connectivity index (χ4v) is 4.19. The molecule has 2 aromatic rings. The van der Waals surface area contributed by atoms with Gasteiger partial charge in [-0.05, 0) is 82.8 Å². The Balaban J connectivity index is 1.73. The lowest BCUT2D eigenvalue weighted by atomic mass is 10.1. The lowest BCUT2D eigenvalue weighted by Gasteiger charge is -2.32. The smallest absolute Gasteiger partial charge is 0.255 e. The second kappa shape index (κ2) is 8.93. The van der Waals surface area contributed by atoms with Gasteiger partial charge in [0.05, 0.1) is 11.7 Å².